The quantitative estimate of drug-likeness (QED) is 0.905. The Labute approximate surface area is 125 Å². The van der Waals surface area contributed by atoms with E-state index in [0.29, 0.717) is 12.8 Å². The molecule has 1 aromatic rings. The summed E-state index contributed by atoms with van der Waals surface area (Å²) in [4.78, 5) is 25.7. The van der Waals surface area contributed by atoms with Crippen molar-refractivity contribution in [3.8, 4) is 0 Å². The molecule has 1 aliphatic carbocycles. The first-order chi connectivity index (χ1) is 9.96. The SMILES string of the molecule is CC(c1ccccc1)N(C)C(=O)CC1(C(=O)O)CCCC1. The molecule has 1 saturated carbocycles. The molecule has 21 heavy (non-hydrogen) atoms. The van der Waals surface area contributed by atoms with Gasteiger partial charge in [0.05, 0.1) is 11.5 Å². The van der Waals surface area contributed by atoms with Crippen LogP contribution in [0.2, 0.25) is 0 Å². The summed E-state index contributed by atoms with van der Waals surface area (Å²) in [6.07, 6.45) is 3.13. The van der Waals surface area contributed by atoms with Crippen LogP contribution in [0.3, 0.4) is 0 Å². The predicted octanol–water partition coefficient (Wildman–Crippen LogP) is 3.24. The zero-order chi connectivity index (χ0) is 15.5. The number of hydrogen-bond donors (Lipinski definition) is 1. The normalized spacial score (nSPS) is 18.2. The maximum absolute atomic E-state index is 12.5. The Kier molecular flexibility index (Phi) is 4.66. The van der Waals surface area contributed by atoms with Crippen LogP contribution in [0, 0.1) is 5.41 Å². The highest BCUT2D eigenvalue weighted by Gasteiger charge is 2.43. The van der Waals surface area contributed by atoms with E-state index >= 15 is 0 Å². The molecular formula is C17H23NO3. The molecule has 1 atom stereocenters. The van der Waals surface area contributed by atoms with Crippen molar-refractivity contribution in [3.63, 3.8) is 0 Å². The van der Waals surface area contributed by atoms with E-state index in [9.17, 15) is 14.7 Å². The molecule has 1 amide bonds. The molecule has 1 aliphatic rings. The minimum Gasteiger partial charge on any atom is -0.481 e. The highest BCUT2D eigenvalue weighted by atomic mass is 16.4. The van der Waals surface area contributed by atoms with Gasteiger partial charge in [-0.1, -0.05) is 43.2 Å². The number of amides is 1. The van der Waals surface area contributed by atoms with Crippen molar-refractivity contribution < 1.29 is 14.7 Å². The molecule has 1 aromatic carbocycles. The van der Waals surface area contributed by atoms with E-state index in [1.165, 1.54) is 0 Å². The molecule has 1 fully saturated rings. The Morgan fingerprint density at radius 3 is 2.33 bits per heavy atom. The minimum atomic E-state index is -0.845. The molecule has 0 aromatic heterocycles. The average molecular weight is 289 g/mol. The minimum absolute atomic E-state index is 0.0500. The molecule has 1 unspecified atom stereocenters. The fourth-order valence-electron chi connectivity index (χ4n) is 3.10. The fourth-order valence-corrected chi connectivity index (χ4v) is 3.10. The van der Waals surface area contributed by atoms with E-state index < -0.39 is 11.4 Å². The first-order valence-corrected chi connectivity index (χ1v) is 7.50. The molecule has 4 heteroatoms. The van der Waals surface area contributed by atoms with Crippen LogP contribution in [0.15, 0.2) is 30.3 Å². The summed E-state index contributed by atoms with van der Waals surface area (Å²) in [7, 11) is 1.75. The van der Waals surface area contributed by atoms with Crippen molar-refractivity contribution in [1.29, 1.82) is 0 Å². The van der Waals surface area contributed by atoms with E-state index in [2.05, 4.69) is 0 Å². The Hall–Kier alpha value is -1.84. The first-order valence-electron chi connectivity index (χ1n) is 7.50. The Morgan fingerprint density at radius 1 is 1.24 bits per heavy atom. The van der Waals surface area contributed by atoms with Crippen LogP contribution in [0.5, 0.6) is 0 Å². The van der Waals surface area contributed by atoms with Crippen LogP contribution in [-0.2, 0) is 9.59 Å². The smallest absolute Gasteiger partial charge is 0.310 e. The lowest BCUT2D eigenvalue weighted by Crippen LogP contribution is -2.37. The summed E-state index contributed by atoms with van der Waals surface area (Å²) in [6.45, 7) is 1.97. The van der Waals surface area contributed by atoms with Crippen LogP contribution < -0.4 is 0 Å². The number of aliphatic carboxylic acids is 1. The number of rotatable bonds is 5. The molecule has 0 aliphatic heterocycles. The molecular weight excluding hydrogens is 266 g/mol. The van der Waals surface area contributed by atoms with Crippen molar-refractivity contribution in [2.75, 3.05) is 7.05 Å². The summed E-state index contributed by atoms with van der Waals surface area (Å²) < 4.78 is 0. The third kappa shape index (κ3) is 3.26. The van der Waals surface area contributed by atoms with E-state index in [1.54, 1.807) is 11.9 Å². The zero-order valence-corrected chi connectivity index (χ0v) is 12.7. The molecule has 1 N–H and O–H groups in total. The maximum Gasteiger partial charge on any atom is 0.310 e. The Bertz CT molecular complexity index is 506. The number of carbonyl (C=O) groups excluding carboxylic acids is 1. The van der Waals surface area contributed by atoms with Gasteiger partial charge in [0, 0.05) is 13.5 Å². The van der Waals surface area contributed by atoms with Gasteiger partial charge < -0.3 is 10.0 Å². The van der Waals surface area contributed by atoms with Crippen molar-refractivity contribution in [2.45, 2.75) is 45.1 Å². The molecule has 0 saturated heterocycles. The number of hydrogen-bond acceptors (Lipinski definition) is 2. The van der Waals surface area contributed by atoms with Crippen LogP contribution >= 0.6 is 0 Å². The van der Waals surface area contributed by atoms with Crippen molar-refractivity contribution >= 4 is 11.9 Å². The topological polar surface area (TPSA) is 57.6 Å². The van der Waals surface area contributed by atoms with Crippen LogP contribution in [0.1, 0.15) is 50.6 Å². The second-order valence-electron chi connectivity index (χ2n) is 6.06. The Morgan fingerprint density at radius 2 is 1.81 bits per heavy atom. The molecule has 114 valence electrons. The van der Waals surface area contributed by atoms with Gasteiger partial charge in [-0.05, 0) is 25.3 Å². The lowest BCUT2D eigenvalue weighted by molar-refractivity contribution is -0.153. The number of carboxylic acids is 1. The number of carbonyl (C=O) groups is 2. The highest BCUT2D eigenvalue weighted by molar-refractivity contribution is 5.85. The second-order valence-corrected chi connectivity index (χ2v) is 6.06. The summed E-state index contributed by atoms with van der Waals surface area (Å²) in [6, 6.07) is 9.75. The van der Waals surface area contributed by atoms with Gasteiger partial charge in [-0.15, -0.1) is 0 Å². The monoisotopic (exact) mass is 289 g/mol. The largest absolute Gasteiger partial charge is 0.481 e. The molecule has 0 spiro atoms. The number of carboxylic acid groups (broad SMARTS) is 1. The molecule has 2 rings (SSSR count). The summed E-state index contributed by atoms with van der Waals surface area (Å²) >= 11 is 0. The summed E-state index contributed by atoms with van der Waals surface area (Å²) in [5, 5.41) is 9.48. The molecule has 0 heterocycles. The number of benzene rings is 1. The first kappa shape index (κ1) is 15.5. The van der Waals surface area contributed by atoms with Crippen LogP contribution in [0.4, 0.5) is 0 Å². The molecule has 0 bridgehead atoms. The maximum atomic E-state index is 12.5. The number of nitrogens with zero attached hydrogens (tertiary/aromatic N) is 1. The van der Waals surface area contributed by atoms with Crippen LogP contribution in [0.25, 0.3) is 0 Å². The van der Waals surface area contributed by atoms with Gasteiger partial charge >= 0.3 is 5.97 Å². The molecule has 4 nitrogen and oxygen atoms in total. The van der Waals surface area contributed by atoms with Gasteiger partial charge in [-0.3, -0.25) is 9.59 Å². The van der Waals surface area contributed by atoms with E-state index in [0.717, 1.165) is 18.4 Å². The van der Waals surface area contributed by atoms with Gasteiger partial charge in [0.1, 0.15) is 0 Å². The van der Waals surface area contributed by atoms with Gasteiger partial charge in [-0.2, -0.15) is 0 Å². The Balaban J connectivity index is 2.07. The van der Waals surface area contributed by atoms with E-state index in [4.69, 9.17) is 0 Å². The van der Waals surface area contributed by atoms with Gasteiger partial charge in [0.15, 0.2) is 0 Å². The standard InChI is InChI=1S/C17H23NO3/c1-13(14-8-4-3-5-9-14)18(2)15(19)12-17(16(20)21)10-6-7-11-17/h3-5,8-9,13H,6-7,10-12H2,1-2H3,(H,20,21). The lowest BCUT2D eigenvalue weighted by atomic mass is 9.82. The average Bonchev–Trinajstić information content (AvgIpc) is 2.96. The second kappa shape index (κ2) is 6.29. The zero-order valence-electron chi connectivity index (χ0n) is 12.7. The fraction of sp³-hybridized carbons (Fsp3) is 0.529. The summed E-state index contributed by atoms with van der Waals surface area (Å²) in [5.74, 6) is -0.912. The highest BCUT2D eigenvalue weighted by Crippen LogP contribution is 2.42. The molecule has 0 radical (unpaired) electrons. The van der Waals surface area contributed by atoms with Gasteiger partial charge in [0.25, 0.3) is 0 Å². The third-order valence-corrected chi connectivity index (χ3v) is 4.76. The summed E-state index contributed by atoms with van der Waals surface area (Å²) in [5.41, 5.74) is 0.214. The van der Waals surface area contributed by atoms with Crippen molar-refractivity contribution in [3.05, 3.63) is 35.9 Å². The third-order valence-electron chi connectivity index (χ3n) is 4.76. The van der Waals surface area contributed by atoms with E-state index in [-0.39, 0.29) is 18.4 Å². The predicted molar refractivity (Wildman–Crippen MR) is 80.8 cm³/mol. The van der Waals surface area contributed by atoms with E-state index in [1.807, 2.05) is 37.3 Å². The van der Waals surface area contributed by atoms with Gasteiger partial charge in [-0.25, -0.2) is 0 Å². The van der Waals surface area contributed by atoms with Crippen molar-refractivity contribution in [1.82, 2.24) is 4.90 Å². The van der Waals surface area contributed by atoms with Crippen molar-refractivity contribution in [2.24, 2.45) is 5.41 Å². The van der Waals surface area contributed by atoms with Crippen LogP contribution in [-0.4, -0.2) is 28.9 Å². The lowest BCUT2D eigenvalue weighted by Gasteiger charge is -2.30. The van der Waals surface area contributed by atoms with Gasteiger partial charge in [0.2, 0.25) is 5.91 Å².